The number of rotatable bonds is 19. The van der Waals surface area contributed by atoms with Crippen LogP contribution in [0.5, 0.6) is 0 Å². The summed E-state index contributed by atoms with van der Waals surface area (Å²) in [7, 11) is 0. The molecule has 1 amide bonds. The Morgan fingerprint density at radius 2 is 1.33 bits per heavy atom. The summed E-state index contributed by atoms with van der Waals surface area (Å²) in [5, 5.41) is 21.5. The molecule has 3 rings (SSSR count). The number of amides is 1. The first-order chi connectivity index (χ1) is 19.2. The molecule has 0 fully saturated rings. The van der Waals surface area contributed by atoms with E-state index in [1.54, 1.807) is 12.1 Å². The van der Waals surface area contributed by atoms with E-state index in [2.05, 4.69) is 36.2 Å². The summed E-state index contributed by atoms with van der Waals surface area (Å²) in [6.07, 6.45) is 0.582. The monoisotopic (exact) mass is 538 g/mol. The summed E-state index contributed by atoms with van der Waals surface area (Å²) < 4.78 is 10.6. The van der Waals surface area contributed by atoms with Crippen molar-refractivity contribution < 1.29 is 19.4 Å². The van der Waals surface area contributed by atoms with Gasteiger partial charge >= 0.3 is 0 Å². The van der Waals surface area contributed by atoms with Crippen LogP contribution in [0.4, 0.5) is 17.8 Å². The number of benzene rings is 2. The maximum absolute atomic E-state index is 12.4. The molecule has 210 valence electrons. The van der Waals surface area contributed by atoms with Crippen LogP contribution in [-0.4, -0.2) is 78.6 Å². The summed E-state index contributed by atoms with van der Waals surface area (Å²) in [5.74, 6) is 1.09. The molecule has 0 aliphatic rings. The van der Waals surface area contributed by atoms with E-state index in [1.807, 2.05) is 42.5 Å². The van der Waals surface area contributed by atoms with Gasteiger partial charge in [0.15, 0.2) is 0 Å². The highest BCUT2D eigenvalue weighted by Gasteiger charge is 2.08. The first-order valence-corrected chi connectivity index (χ1v) is 13.0. The lowest BCUT2D eigenvalue weighted by atomic mass is 10.1. The second-order valence-corrected chi connectivity index (χ2v) is 8.47. The zero-order valence-electron chi connectivity index (χ0n) is 22.1. The van der Waals surface area contributed by atoms with Gasteiger partial charge < -0.3 is 41.6 Å². The van der Waals surface area contributed by atoms with Gasteiger partial charge in [-0.1, -0.05) is 42.5 Å². The van der Waals surface area contributed by atoms with Gasteiger partial charge in [0, 0.05) is 44.9 Å². The Morgan fingerprint density at radius 1 is 0.744 bits per heavy atom. The molecule has 1 heterocycles. The molecule has 3 aromatic rings. The molecule has 0 spiro atoms. The van der Waals surface area contributed by atoms with E-state index < -0.39 is 0 Å². The molecule has 7 N–H and O–H groups in total. The van der Waals surface area contributed by atoms with Crippen LogP contribution >= 0.6 is 0 Å². The average Bonchev–Trinajstić information content (AvgIpc) is 2.97. The van der Waals surface area contributed by atoms with Gasteiger partial charge in [0.2, 0.25) is 17.8 Å². The number of carbonyl (C=O) groups is 1. The Balaban J connectivity index is 1.49. The number of hydrogen-bond donors (Lipinski definition) is 6. The highest BCUT2D eigenvalue weighted by atomic mass is 16.5. The topological polar surface area (TPSA) is 169 Å². The number of hydrogen-bond acceptors (Lipinski definition) is 11. The van der Waals surface area contributed by atoms with Crippen molar-refractivity contribution in [2.45, 2.75) is 19.5 Å². The van der Waals surface area contributed by atoms with Crippen molar-refractivity contribution in [1.82, 2.24) is 20.3 Å². The number of aromatic nitrogens is 3. The van der Waals surface area contributed by atoms with Crippen molar-refractivity contribution in [1.29, 1.82) is 0 Å². The van der Waals surface area contributed by atoms with Crippen molar-refractivity contribution in [2.75, 3.05) is 68.6 Å². The number of carbonyl (C=O) groups excluding carboxylic acids is 1. The highest BCUT2D eigenvalue weighted by molar-refractivity contribution is 5.94. The highest BCUT2D eigenvalue weighted by Crippen LogP contribution is 2.13. The van der Waals surface area contributed by atoms with E-state index in [4.69, 9.17) is 20.3 Å². The van der Waals surface area contributed by atoms with Crippen molar-refractivity contribution in [3.05, 3.63) is 71.3 Å². The fourth-order valence-electron chi connectivity index (χ4n) is 3.37. The standard InChI is InChI=1S/C27H38N8O4/c28-11-15-38-17-18-39-16-13-29-24(37)23-9-7-22(8-10-23)20-32-27-34-25(30-12-4-14-36)33-26(35-27)31-19-21-5-2-1-3-6-21/h1-3,5-10,36H,4,11-20,28H2,(H,29,37)(H3,30,31,32,33,34,35). The molecule has 0 saturated carbocycles. The first kappa shape index (κ1) is 29.7. The number of aliphatic hydroxyl groups is 1. The molecule has 0 atom stereocenters. The fraction of sp³-hybridized carbons (Fsp3) is 0.407. The Bertz CT molecular complexity index is 1100. The summed E-state index contributed by atoms with van der Waals surface area (Å²) in [5.41, 5.74) is 7.98. The summed E-state index contributed by atoms with van der Waals surface area (Å²) in [6.45, 7) is 4.41. The molecule has 0 aliphatic carbocycles. The number of ether oxygens (including phenoxy) is 2. The smallest absolute Gasteiger partial charge is 0.251 e. The van der Waals surface area contributed by atoms with Crippen LogP contribution in [0, 0.1) is 0 Å². The van der Waals surface area contributed by atoms with E-state index in [-0.39, 0.29) is 12.5 Å². The summed E-state index contributed by atoms with van der Waals surface area (Å²) in [4.78, 5) is 25.7. The summed E-state index contributed by atoms with van der Waals surface area (Å²) >= 11 is 0. The number of anilines is 3. The van der Waals surface area contributed by atoms with Crippen LogP contribution in [-0.2, 0) is 22.6 Å². The van der Waals surface area contributed by atoms with Gasteiger partial charge in [-0.3, -0.25) is 4.79 Å². The molecule has 1 aromatic heterocycles. The zero-order chi connectivity index (χ0) is 27.5. The molecule has 0 radical (unpaired) electrons. The van der Waals surface area contributed by atoms with Gasteiger partial charge in [0.05, 0.1) is 26.4 Å². The number of nitrogens with one attached hydrogen (secondary N) is 4. The van der Waals surface area contributed by atoms with Crippen LogP contribution in [0.3, 0.4) is 0 Å². The van der Waals surface area contributed by atoms with Crippen molar-refractivity contribution in [2.24, 2.45) is 5.73 Å². The van der Waals surface area contributed by atoms with Crippen LogP contribution < -0.4 is 27.0 Å². The summed E-state index contributed by atoms with van der Waals surface area (Å²) in [6, 6.07) is 17.3. The molecule has 0 aliphatic heterocycles. The molecule has 12 nitrogen and oxygen atoms in total. The lowest BCUT2D eigenvalue weighted by molar-refractivity contribution is 0.0511. The van der Waals surface area contributed by atoms with Gasteiger partial charge in [-0.25, -0.2) is 0 Å². The third-order valence-corrected chi connectivity index (χ3v) is 5.38. The molecule has 0 saturated heterocycles. The molecule has 0 bridgehead atoms. The maximum atomic E-state index is 12.4. The Morgan fingerprint density at radius 3 is 1.95 bits per heavy atom. The van der Waals surface area contributed by atoms with Crippen molar-refractivity contribution in [3.63, 3.8) is 0 Å². The van der Waals surface area contributed by atoms with Gasteiger partial charge in [0.25, 0.3) is 5.91 Å². The predicted molar refractivity (Wildman–Crippen MR) is 151 cm³/mol. The minimum absolute atomic E-state index is 0.0785. The molecule has 0 unspecified atom stereocenters. The predicted octanol–water partition coefficient (Wildman–Crippen LogP) is 1.61. The molecule has 39 heavy (non-hydrogen) atoms. The van der Waals surface area contributed by atoms with E-state index in [1.165, 1.54) is 0 Å². The largest absolute Gasteiger partial charge is 0.396 e. The van der Waals surface area contributed by atoms with Gasteiger partial charge in [-0.05, 0) is 29.7 Å². The molecule has 12 heteroatoms. The lowest BCUT2D eigenvalue weighted by Gasteiger charge is -2.12. The van der Waals surface area contributed by atoms with Crippen LogP contribution in [0.25, 0.3) is 0 Å². The van der Waals surface area contributed by atoms with Crippen LogP contribution in [0.2, 0.25) is 0 Å². The number of nitrogens with two attached hydrogens (primary N) is 1. The van der Waals surface area contributed by atoms with E-state index in [9.17, 15) is 4.79 Å². The van der Waals surface area contributed by atoms with Crippen molar-refractivity contribution in [3.8, 4) is 0 Å². The van der Waals surface area contributed by atoms with E-state index in [0.29, 0.717) is 89.0 Å². The molecular weight excluding hydrogens is 500 g/mol. The zero-order valence-corrected chi connectivity index (χ0v) is 22.1. The normalized spacial score (nSPS) is 10.7. The van der Waals surface area contributed by atoms with Gasteiger partial charge in [-0.2, -0.15) is 15.0 Å². The SMILES string of the molecule is NCCOCCOCCNC(=O)c1ccc(CNc2nc(NCCCO)nc(NCc3ccccc3)n2)cc1. The van der Waals surface area contributed by atoms with E-state index in [0.717, 1.165) is 11.1 Å². The molecule has 2 aromatic carbocycles. The second-order valence-electron chi connectivity index (χ2n) is 8.47. The maximum Gasteiger partial charge on any atom is 0.251 e. The fourth-order valence-corrected chi connectivity index (χ4v) is 3.37. The Kier molecular flexibility index (Phi) is 13.4. The van der Waals surface area contributed by atoms with Gasteiger partial charge in [0.1, 0.15) is 0 Å². The van der Waals surface area contributed by atoms with Crippen LogP contribution in [0.15, 0.2) is 54.6 Å². The minimum atomic E-state index is -0.164. The van der Waals surface area contributed by atoms with E-state index >= 15 is 0 Å². The first-order valence-electron chi connectivity index (χ1n) is 13.0. The van der Waals surface area contributed by atoms with Crippen LogP contribution in [0.1, 0.15) is 27.9 Å². The second kappa shape index (κ2) is 17.6. The Hall–Kier alpha value is -3.84. The number of nitrogens with zero attached hydrogens (tertiary/aromatic N) is 3. The molecular formula is C27H38N8O4. The number of aliphatic hydroxyl groups excluding tert-OH is 1. The third kappa shape index (κ3) is 11.6. The lowest BCUT2D eigenvalue weighted by Crippen LogP contribution is -2.27. The quantitative estimate of drug-likeness (QED) is 0.123. The minimum Gasteiger partial charge on any atom is -0.396 e. The Labute approximate surface area is 228 Å². The van der Waals surface area contributed by atoms with Crippen molar-refractivity contribution >= 4 is 23.8 Å². The van der Waals surface area contributed by atoms with Gasteiger partial charge in [-0.15, -0.1) is 0 Å². The average molecular weight is 539 g/mol. The third-order valence-electron chi connectivity index (χ3n) is 5.38.